The number of hydrogen-bond donors (Lipinski definition) is 0. The second-order valence-electron chi connectivity index (χ2n) is 7.04. The van der Waals surface area contributed by atoms with Gasteiger partial charge in [-0.2, -0.15) is 0 Å². The Morgan fingerprint density at radius 1 is 1.17 bits per heavy atom. The summed E-state index contributed by atoms with van der Waals surface area (Å²) in [4.78, 5) is 20.1. The molecule has 4 rings (SSSR count). The van der Waals surface area contributed by atoms with Crippen molar-refractivity contribution >= 4 is 16.9 Å². The summed E-state index contributed by atoms with van der Waals surface area (Å²) < 4.78 is 2.17. The lowest BCUT2D eigenvalue weighted by atomic mass is 9.91. The fourth-order valence-electron chi connectivity index (χ4n) is 4.18. The van der Waals surface area contributed by atoms with Crippen LogP contribution in [0, 0.1) is 5.92 Å². The van der Waals surface area contributed by atoms with Gasteiger partial charge in [0.05, 0.1) is 17.1 Å². The van der Waals surface area contributed by atoms with Crippen LogP contribution in [0.15, 0.2) is 36.4 Å². The minimum absolute atomic E-state index is 0.120. The number of allylic oxidation sites excluding steroid dienone is 2. The molecule has 0 radical (unpaired) electrons. The third-order valence-corrected chi connectivity index (χ3v) is 5.52. The number of likely N-dealkylation sites (tertiary alicyclic amines) is 1. The van der Waals surface area contributed by atoms with Crippen molar-refractivity contribution in [3.63, 3.8) is 0 Å². The average molecular weight is 323 g/mol. The third-order valence-electron chi connectivity index (χ3n) is 5.52. The molecule has 0 bridgehead atoms. The summed E-state index contributed by atoms with van der Waals surface area (Å²) in [7, 11) is 2.07. The van der Waals surface area contributed by atoms with Gasteiger partial charge in [-0.25, -0.2) is 4.98 Å². The fourth-order valence-corrected chi connectivity index (χ4v) is 4.18. The molecule has 2 aliphatic rings. The van der Waals surface area contributed by atoms with Crippen molar-refractivity contribution in [2.24, 2.45) is 13.0 Å². The SMILES string of the molecule is Cn1c(C2CCCCN2C(=O)C2CC=CCC2)nc2ccccc21. The number of amides is 1. The summed E-state index contributed by atoms with van der Waals surface area (Å²) >= 11 is 0. The molecular weight excluding hydrogens is 298 g/mol. The zero-order chi connectivity index (χ0) is 16.5. The number of carbonyl (C=O) groups excluding carboxylic acids is 1. The van der Waals surface area contributed by atoms with Gasteiger partial charge in [-0.05, 0) is 50.7 Å². The van der Waals surface area contributed by atoms with Crippen molar-refractivity contribution in [2.45, 2.75) is 44.6 Å². The lowest BCUT2D eigenvalue weighted by Crippen LogP contribution is -2.43. The van der Waals surface area contributed by atoms with Crippen LogP contribution in [0.3, 0.4) is 0 Å². The smallest absolute Gasteiger partial charge is 0.226 e. The number of carbonyl (C=O) groups is 1. The monoisotopic (exact) mass is 323 g/mol. The van der Waals surface area contributed by atoms with E-state index in [2.05, 4.69) is 40.8 Å². The van der Waals surface area contributed by atoms with E-state index < -0.39 is 0 Å². The number of para-hydroxylation sites is 2. The molecule has 1 saturated heterocycles. The molecule has 1 fully saturated rings. The molecule has 2 aromatic rings. The number of fused-ring (bicyclic) bond motifs is 1. The molecule has 2 heterocycles. The van der Waals surface area contributed by atoms with Crippen LogP contribution in [0.25, 0.3) is 11.0 Å². The summed E-state index contributed by atoms with van der Waals surface area (Å²) in [5, 5.41) is 0. The van der Waals surface area contributed by atoms with E-state index >= 15 is 0 Å². The molecule has 1 aromatic carbocycles. The summed E-state index contributed by atoms with van der Waals surface area (Å²) in [5.74, 6) is 1.52. The molecule has 1 aliphatic carbocycles. The Hall–Kier alpha value is -2.10. The van der Waals surface area contributed by atoms with Crippen molar-refractivity contribution in [3.8, 4) is 0 Å². The first-order valence-corrected chi connectivity index (χ1v) is 9.12. The molecule has 24 heavy (non-hydrogen) atoms. The van der Waals surface area contributed by atoms with Gasteiger partial charge in [0.2, 0.25) is 5.91 Å². The highest BCUT2D eigenvalue weighted by molar-refractivity contribution is 5.80. The number of nitrogens with zero attached hydrogens (tertiary/aromatic N) is 3. The number of imidazole rings is 1. The first kappa shape index (κ1) is 15.4. The molecule has 0 spiro atoms. The number of benzene rings is 1. The minimum atomic E-state index is 0.120. The van der Waals surface area contributed by atoms with Crippen molar-refractivity contribution in [1.29, 1.82) is 0 Å². The first-order valence-electron chi connectivity index (χ1n) is 9.12. The maximum absolute atomic E-state index is 13.1. The van der Waals surface area contributed by atoms with Crippen LogP contribution in [0.2, 0.25) is 0 Å². The Labute approximate surface area is 143 Å². The van der Waals surface area contributed by atoms with Crippen molar-refractivity contribution in [3.05, 3.63) is 42.2 Å². The average Bonchev–Trinajstić information content (AvgIpc) is 2.99. The molecular formula is C20H25N3O. The highest BCUT2D eigenvalue weighted by Gasteiger charge is 2.34. The van der Waals surface area contributed by atoms with Crippen LogP contribution >= 0.6 is 0 Å². The van der Waals surface area contributed by atoms with E-state index in [9.17, 15) is 4.79 Å². The van der Waals surface area contributed by atoms with Gasteiger partial charge in [0.15, 0.2) is 0 Å². The van der Waals surface area contributed by atoms with E-state index in [0.717, 1.165) is 55.5 Å². The van der Waals surface area contributed by atoms with Crippen LogP contribution in [-0.2, 0) is 11.8 Å². The van der Waals surface area contributed by atoms with Crippen molar-refractivity contribution in [2.75, 3.05) is 6.54 Å². The van der Waals surface area contributed by atoms with Gasteiger partial charge in [-0.1, -0.05) is 24.3 Å². The van der Waals surface area contributed by atoms with Crippen molar-refractivity contribution in [1.82, 2.24) is 14.5 Å². The Bertz CT molecular complexity index is 776. The zero-order valence-corrected chi connectivity index (χ0v) is 14.3. The number of rotatable bonds is 2. The second kappa shape index (κ2) is 6.42. The third kappa shape index (κ3) is 2.64. The zero-order valence-electron chi connectivity index (χ0n) is 14.3. The Morgan fingerprint density at radius 3 is 2.83 bits per heavy atom. The second-order valence-corrected chi connectivity index (χ2v) is 7.04. The van der Waals surface area contributed by atoms with Crippen LogP contribution < -0.4 is 0 Å². The number of aryl methyl sites for hydroxylation is 1. The molecule has 4 nitrogen and oxygen atoms in total. The van der Waals surface area contributed by atoms with E-state index in [-0.39, 0.29) is 12.0 Å². The molecule has 1 aliphatic heterocycles. The molecule has 4 heteroatoms. The van der Waals surface area contributed by atoms with Crippen molar-refractivity contribution < 1.29 is 4.79 Å². The van der Waals surface area contributed by atoms with Gasteiger partial charge in [0, 0.05) is 19.5 Å². The largest absolute Gasteiger partial charge is 0.332 e. The quantitative estimate of drug-likeness (QED) is 0.784. The van der Waals surface area contributed by atoms with E-state index in [0.29, 0.717) is 5.91 Å². The number of hydrogen-bond acceptors (Lipinski definition) is 2. The van der Waals surface area contributed by atoms with Gasteiger partial charge in [0.25, 0.3) is 0 Å². The van der Waals surface area contributed by atoms with E-state index in [1.165, 1.54) is 6.42 Å². The predicted octanol–water partition coefficient (Wildman–Crippen LogP) is 3.98. The summed E-state index contributed by atoms with van der Waals surface area (Å²) in [5.41, 5.74) is 2.17. The predicted molar refractivity (Wildman–Crippen MR) is 95.5 cm³/mol. The minimum Gasteiger partial charge on any atom is -0.332 e. The molecule has 0 N–H and O–H groups in total. The maximum Gasteiger partial charge on any atom is 0.226 e. The lowest BCUT2D eigenvalue weighted by Gasteiger charge is -2.37. The van der Waals surface area contributed by atoms with Crippen LogP contribution in [-0.4, -0.2) is 26.9 Å². The van der Waals surface area contributed by atoms with Crippen LogP contribution in [0.5, 0.6) is 0 Å². The normalized spacial score (nSPS) is 24.5. The molecule has 2 atom stereocenters. The standard InChI is InChI=1S/C20H25N3O/c1-22-17-12-6-5-11-16(17)21-19(22)18-13-7-8-14-23(18)20(24)15-9-3-2-4-10-15/h2-3,5-6,11-12,15,18H,4,7-10,13-14H2,1H3. The Morgan fingerprint density at radius 2 is 2.04 bits per heavy atom. The first-order chi connectivity index (χ1) is 11.8. The number of aromatic nitrogens is 2. The molecule has 2 unspecified atom stereocenters. The highest BCUT2D eigenvalue weighted by atomic mass is 16.2. The fraction of sp³-hybridized carbons (Fsp3) is 0.500. The molecule has 0 saturated carbocycles. The molecule has 1 aromatic heterocycles. The maximum atomic E-state index is 13.1. The van der Waals surface area contributed by atoms with Gasteiger partial charge >= 0.3 is 0 Å². The topological polar surface area (TPSA) is 38.1 Å². The van der Waals surface area contributed by atoms with Gasteiger partial charge in [-0.3, -0.25) is 4.79 Å². The lowest BCUT2D eigenvalue weighted by molar-refractivity contribution is -0.140. The van der Waals surface area contributed by atoms with Crippen LogP contribution in [0.1, 0.15) is 50.4 Å². The van der Waals surface area contributed by atoms with E-state index in [1.54, 1.807) is 0 Å². The van der Waals surface area contributed by atoms with Crippen LogP contribution in [0.4, 0.5) is 0 Å². The van der Waals surface area contributed by atoms with Gasteiger partial charge < -0.3 is 9.47 Å². The summed E-state index contributed by atoms with van der Waals surface area (Å²) in [6, 6.07) is 8.35. The molecule has 1 amide bonds. The molecule has 126 valence electrons. The van der Waals surface area contributed by atoms with Gasteiger partial charge in [0.1, 0.15) is 5.82 Å². The highest BCUT2D eigenvalue weighted by Crippen LogP contribution is 2.34. The van der Waals surface area contributed by atoms with Gasteiger partial charge in [-0.15, -0.1) is 0 Å². The van der Waals surface area contributed by atoms with E-state index in [1.807, 2.05) is 12.1 Å². The Kier molecular flexibility index (Phi) is 4.13. The summed E-state index contributed by atoms with van der Waals surface area (Å²) in [6.07, 6.45) is 10.6. The number of piperidine rings is 1. The van der Waals surface area contributed by atoms with E-state index in [4.69, 9.17) is 4.98 Å². The Balaban J connectivity index is 1.67. The summed E-state index contributed by atoms with van der Waals surface area (Å²) in [6.45, 7) is 0.868.